The number of sulfonamides is 1. The first kappa shape index (κ1) is 18.1. The van der Waals surface area contributed by atoms with E-state index in [2.05, 4.69) is 10.0 Å². The molecule has 0 aliphatic heterocycles. The fourth-order valence-corrected chi connectivity index (χ4v) is 3.11. The minimum Gasteiger partial charge on any atom is -0.310 e. The van der Waals surface area contributed by atoms with Gasteiger partial charge in [-0.25, -0.2) is 17.5 Å². The summed E-state index contributed by atoms with van der Waals surface area (Å²) in [5.74, 6) is -0.144. The third kappa shape index (κ3) is 5.37. The molecule has 1 aromatic rings. The quantitative estimate of drug-likeness (QED) is 0.813. The highest BCUT2D eigenvalue weighted by Gasteiger charge is 2.18. The fraction of sp³-hybridized carbons (Fsp3) is 0.600. The Morgan fingerprint density at radius 3 is 2.33 bits per heavy atom. The minimum atomic E-state index is -3.60. The first-order valence-electron chi connectivity index (χ1n) is 7.15. The van der Waals surface area contributed by atoms with Crippen LogP contribution in [0.25, 0.3) is 0 Å². The van der Waals surface area contributed by atoms with E-state index in [0.717, 1.165) is 0 Å². The van der Waals surface area contributed by atoms with Gasteiger partial charge in [0, 0.05) is 24.7 Å². The number of benzene rings is 1. The summed E-state index contributed by atoms with van der Waals surface area (Å²) in [5.41, 5.74) is 0.705. The van der Waals surface area contributed by atoms with Crippen LogP contribution < -0.4 is 10.0 Å². The van der Waals surface area contributed by atoms with Gasteiger partial charge in [-0.3, -0.25) is 0 Å². The maximum atomic E-state index is 14.1. The molecule has 0 saturated carbocycles. The molecule has 4 nitrogen and oxygen atoms in total. The van der Waals surface area contributed by atoms with Crippen molar-refractivity contribution in [2.45, 2.75) is 52.1 Å². The predicted molar refractivity (Wildman–Crippen MR) is 83.1 cm³/mol. The maximum absolute atomic E-state index is 14.1. The second kappa shape index (κ2) is 7.33. The third-order valence-electron chi connectivity index (χ3n) is 3.00. The van der Waals surface area contributed by atoms with Gasteiger partial charge in [0.25, 0.3) is 0 Å². The molecule has 0 saturated heterocycles. The minimum absolute atomic E-state index is 0.114. The van der Waals surface area contributed by atoms with Gasteiger partial charge < -0.3 is 5.32 Å². The number of halogens is 1. The van der Waals surface area contributed by atoms with Crippen molar-refractivity contribution in [3.05, 3.63) is 29.1 Å². The smallest absolute Gasteiger partial charge is 0.240 e. The van der Waals surface area contributed by atoms with Crippen LogP contribution in [0.1, 0.15) is 38.8 Å². The predicted octanol–water partition coefficient (Wildman–Crippen LogP) is 2.57. The number of hydrogen-bond acceptors (Lipinski definition) is 3. The summed E-state index contributed by atoms with van der Waals surface area (Å²) in [6, 6.07) is 2.97. The molecule has 120 valence electrons. The largest absolute Gasteiger partial charge is 0.310 e. The van der Waals surface area contributed by atoms with Crippen LogP contribution in [-0.4, -0.2) is 21.0 Å². The standard InChI is InChI=1S/C15H25FN2O2S/c1-10(2)8-18-21(19,20)14-6-12(5)15(16)13(7-14)9-17-11(3)4/h6-7,10-11,17-18H,8-9H2,1-5H3. The average molecular weight is 316 g/mol. The van der Waals surface area contributed by atoms with E-state index in [1.807, 2.05) is 27.7 Å². The first-order valence-corrected chi connectivity index (χ1v) is 8.64. The molecule has 21 heavy (non-hydrogen) atoms. The van der Waals surface area contributed by atoms with E-state index in [-0.39, 0.29) is 22.7 Å². The summed E-state index contributed by atoms with van der Waals surface area (Å²) in [6.45, 7) is 10.0. The molecule has 0 aromatic heterocycles. The lowest BCUT2D eigenvalue weighted by atomic mass is 10.1. The van der Waals surface area contributed by atoms with Gasteiger partial charge in [-0.2, -0.15) is 0 Å². The highest BCUT2D eigenvalue weighted by molar-refractivity contribution is 7.89. The van der Waals surface area contributed by atoms with E-state index >= 15 is 0 Å². The summed E-state index contributed by atoms with van der Waals surface area (Å²) in [7, 11) is -3.60. The topological polar surface area (TPSA) is 58.2 Å². The van der Waals surface area contributed by atoms with Crippen molar-refractivity contribution in [2.75, 3.05) is 6.54 Å². The van der Waals surface area contributed by atoms with Crippen molar-refractivity contribution in [3.8, 4) is 0 Å². The summed E-state index contributed by atoms with van der Waals surface area (Å²) >= 11 is 0. The van der Waals surface area contributed by atoms with Crippen LogP contribution in [0.3, 0.4) is 0 Å². The zero-order valence-corrected chi connectivity index (χ0v) is 14.1. The summed E-state index contributed by atoms with van der Waals surface area (Å²) in [4.78, 5) is 0.114. The number of nitrogens with one attached hydrogen (secondary N) is 2. The van der Waals surface area contributed by atoms with Crippen LogP contribution in [0.4, 0.5) is 4.39 Å². The highest BCUT2D eigenvalue weighted by atomic mass is 32.2. The molecule has 0 amide bonds. The Morgan fingerprint density at radius 2 is 1.81 bits per heavy atom. The Morgan fingerprint density at radius 1 is 1.19 bits per heavy atom. The SMILES string of the molecule is Cc1cc(S(=O)(=O)NCC(C)C)cc(CNC(C)C)c1F. The van der Waals surface area contributed by atoms with Crippen molar-refractivity contribution in [3.63, 3.8) is 0 Å². The molecular formula is C15H25FN2O2S. The lowest BCUT2D eigenvalue weighted by Gasteiger charge is -2.14. The maximum Gasteiger partial charge on any atom is 0.240 e. The molecule has 1 aromatic carbocycles. The molecule has 0 atom stereocenters. The van der Waals surface area contributed by atoms with Crippen molar-refractivity contribution in [1.29, 1.82) is 0 Å². The zero-order valence-electron chi connectivity index (χ0n) is 13.3. The Balaban J connectivity index is 3.08. The Labute approximate surface area is 127 Å². The van der Waals surface area contributed by atoms with E-state index in [1.165, 1.54) is 12.1 Å². The van der Waals surface area contributed by atoms with Crippen LogP contribution >= 0.6 is 0 Å². The van der Waals surface area contributed by atoms with Crippen molar-refractivity contribution >= 4 is 10.0 Å². The van der Waals surface area contributed by atoms with E-state index in [9.17, 15) is 12.8 Å². The molecule has 0 aliphatic carbocycles. The van der Waals surface area contributed by atoms with Crippen LogP contribution in [-0.2, 0) is 16.6 Å². The van der Waals surface area contributed by atoms with Gasteiger partial charge in [-0.05, 0) is 30.5 Å². The molecular weight excluding hydrogens is 291 g/mol. The highest BCUT2D eigenvalue weighted by Crippen LogP contribution is 2.19. The van der Waals surface area contributed by atoms with Gasteiger partial charge in [0.2, 0.25) is 10.0 Å². The second-order valence-electron chi connectivity index (χ2n) is 5.99. The number of aryl methyl sites for hydroxylation is 1. The molecule has 0 unspecified atom stereocenters. The average Bonchev–Trinajstić information content (AvgIpc) is 2.37. The first-order chi connectivity index (χ1) is 9.63. The summed E-state index contributed by atoms with van der Waals surface area (Å²) in [6.07, 6.45) is 0. The van der Waals surface area contributed by atoms with E-state index in [0.29, 0.717) is 24.2 Å². The normalized spacial score (nSPS) is 12.4. The van der Waals surface area contributed by atoms with E-state index < -0.39 is 10.0 Å². The lowest BCUT2D eigenvalue weighted by Crippen LogP contribution is -2.28. The van der Waals surface area contributed by atoms with Crippen LogP contribution in [0.15, 0.2) is 17.0 Å². The molecule has 6 heteroatoms. The third-order valence-corrected chi connectivity index (χ3v) is 4.40. The van der Waals surface area contributed by atoms with Gasteiger partial charge in [0.15, 0.2) is 0 Å². The lowest BCUT2D eigenvalue weighted by molar-refractivity contribution is 0.544. The van der Waals surface area contributed by atoms with Crippen molar-refractivity contribution < 1.29 is 12.8 Å². The van der Waals surface area contributed by atoms with Crippen molar-refractivity contribution in [1.82, 2.24) is 10.0 Å². The Hall–Kier alpha value is -0.980. The van der Waals surface area contributed by atoms with Crippen LogP contribution in [0.2, 0.25) is 0 Å². The Kier molecular flexibility index (Phi) is 6.31. The van der Waals surface area contributed by atoms with E-state index in [1.54, 1.807) is 6.92 Å². The van der Waals surface area contributed by atoms with Gasteiger partial charge in [-0.15, -0.1) is 0 Å². The van der Waals surface area contributed by atoms with Gasteiger partial charge >= 0.3 is 0 Å². The molecule has 0 heterocycles. The molecule has 0 fully saturated rings. The van der Waals surface area contributed by atoms with Gasteiger partial charge in [-0.1, -0.05) is 27.7 Å². The molecule has 2 N–H and O–H groups in total. The number of hydrogen-bond donors (Lipinski definition) is 2. The molecule has 1 rings (SSSR count). The van der Waals surface area contributed by atoms with Gasteiger partial charge in [0.1, 0.15) is 5.82 Å². The Bertz CT molecular complexity index is 584. The molecule has 0 aliphatic rings. The fourth-order valence-electron chi connectivity index (χ4n) is 1.76. The number of rotatable bonds is 7. The molecule has 0 bridgehead atoms. The zero-order chi connectivity index (χ0) is 16.2. The molecule has 0 radical (unpaired) electrons. The van der Waals surface area contributed by atoms with E-state index in [4.69, 9.17) is 0 Å². The summed E-state index contributed by atoms with van der Waals surface area (Å²) in [5, 5.41) is 3.10. The second-order valence-corrected chi connectivity index (χ2v) is 7.76. The summed E-state index contributed by atoms with van der Waals surface area (Å²) < 4.78 is 41.1. The van der Waals surface area contributed by atoms with Crippen molar-refractivity contribution in [2.24, 2.45) is 5.92 Å². The van der Waals surface area contributed by atoms with Crippen LogP contribution in [0, 0.1) is 18.7 Å². The molecule has 0 spiro atoms. The monoisotopic (exact) mass is 316 g/mol. The van der Waals surface area contributed by atoms with Crippen LogP contribution in [0.5, 0.6) is 0 Å². The van der Waals surface area contributed by atoms with Gasteiger partial charge in [0.05, 0.1) is 4.90 Å².